The van der Waals surface area contributed by atoms with E-state index >= 15 is 0 Å². The van der Waals surface area contributed by atoms with E-state index in [1.54, 1.807) is 0 Å². The summed E-state index contributed by atoms with van der Waals surface area (Å²) in [6.07, 6.45) is 5.89. The number of ether oxygens (including phenoxy) is 1. The predicted molar refractivity (Wildman–Crippen MR) is 67.7 cm³/mol. The molecule has 0 bridgehead atoms. The fourth-order valence-corrected chi connectivity index (χ4v) is 2.40. The van der Waals surface area contributed by atoms with Crippen LogP contribution in [0.15, 0.2) is 12.5 Å². The number of imidazole rings is 1. The van der Waals surface area contributed by atoms with Crippen molar-refractivity contribution in [1.29, 1.82) is 0 Å². The third kappa shape index (κ3) is 2.38. The second-order valence-corrected chi connectivity index (χ2v) is 5.57. The molecule has 1 aromatic rings. The van der Waals surface area contributed by atoms with E-state index in [-0.39, 0.29) is 11.6 Å². The average molecular weight is 237 g/mol. The van der Waals surface area contributed by atoms with Gasteiger partial charge >= 0.3 is 0 Å². The van der Waals surface area contributed by atoms with E-state index in [4.69, 9.17) is 10.5 Å². The van der Waals surface area contributed by atoms with E-state index in [1.807, 2.05) is 12.5 Å². The quantitative estimate of drug-likeness (QED) is 0.875. The first-order chi connectivity index (χ1) is 8.04. The summed E-state index contributed by atoms with van der Waals surface area (Å²) in [6, 6.07) is 0.0529. The van der Waals surface area contributed by atoms with Gasteiger partial charge in [-0.15, -0.1) is 0 Å². The number of hydrogen-bond donors (Lipinski definition) is 1. The lowest BCUT2D eigenvalue weighted by Gasteiger charge is -2.37. The van der Waals surface area contributed by atoms with Gasteiger partial charge in [0.05, 0.1) is 12.0 Å². The fraction of sp³-hybridized carbons (Fsp3) is 0.769. The molecule has 1 fully saturated rings. The number of hydrogen-bond acceptors (Lipinski definition) is 3. The van der Waals surface area contributed by atoms with Gasteiger partial charge < -0.3 is 15.0 Å². The zero-order valence-corrected chi connectivity index (χ0v) is 11.0. The van der Waals surface area contributed by atoms with Crippen LogP contribution in [0.2, 0.25) is 0 Å². The minimum absolute atomic E-state index is 0.0529. The Morgan fingerprint density at radius 3 is 2.65 bits per heavy atom. The van der Waals surface area contributed by atoms with Crippen molar-refractivity contribution in [2.45, 2.75) is 45.2 Å². The highest BCUT2D eigenvalue weighted by molar-refractivity contribution is 5.09. The molecule has 96 valence electrons. The van der Waals surface area contributed by atoms with Crippen LogP contribution >= 0.6 is 0 Å². The third-order valence-electron chi connectivity index (χ3n) is 3.88. The number of nitrogens with zero attached hydrogens (tertiary/aromatic N) is 2. The second-order valence-electron chi connectivity index (χ2n) is 5.57. The molecule has 2 N–H and O–H groups in total. The summed E-state index contributed by atoms with van der Waals surface area (Å²) in [7, 11) is 0. The molecule has 1 saturated heterocycles. The van der Waals surface area contributed by atoms with Crippen LogP contribution in [0, 0.1) is 5.92 Å². The molecule has 4 nitrogen and oxygen atoms in total. The van der Waals surface area contributed by atoms with Crippen LogP contribution in [0.4, 0.5) is 0 Å². The number of rotatable bonds is 3. The fourth-order valence-electron chi connectivity index (χ4n) is 2.40. The Kier molecular flexibility index (Phi) is 3.54. The summed E-state index contributed by atoms with van der Waals surface area (Å²) in [6.45, 7) is 8.21. The molecule has 0 aromatic carbocycles. The van der Waals surface area contributed by atoms with Gasteiger partial charge in [0.1, 0.15) is 0 Å². The molecule has 0 amide bonds. The maximum atomic E-state index is 6.26. The van der Waals surface area contributed by atoms with Gasteiger partial charge in [0.25, 0.3) is 0 Å². The van der Waals surface area contributed by atoms with Gasteiger partial charge in [-0.1, -0.05) is 13.8 Å². The van der Waals surface area contributed by atoms with Crippen LogP contribution in [-0.4, -0.2) is 22.8 Å². The largest absolute Gasteiger partial charge is 0.381 e. The Morgan fingerprint density at radius 1 is 1.41 bits per heavy atom. The molecule has 1 aliphatic rings. The molecule has 0 aliphatic carbocycles. The van der Waals surface area contributed by atoms with E-state index in [9.17, 15) is 0 Å². The van der Waals surface area contributed by atoms with Crippen LogP contribution in [0.3, 0.4) is 0 Å². The monoisotopic (exact) mass is 237 g/mol. The minimum Gasteiger partial charge on any atom is -0.381 e. The van der Waals surface area contributed by atoms with Gasteiger partial charge in [-0.25, -0.2) is 4.98 Å². The van der Waals surface area contributed by atoms with Gasteiger partial charge in [-0.3, -0.25) is 0 Å². The van der Waals surface area contributed by atoms with Crippen molar-refractivity contribution in [3.05, 3.63) is 18.2 Å². The number of aromatic nitrogens is 2. The molecule has 0 saturated carbocycles. The van der Waals surface area contributed by atoms with E-state index in [0.717, 1.165) is 31.7 Å². The van der Waals surface area contributed by atoms with E-state index in [0.29, 0.717) is 5.92 Å². The lowest BCUT2D eigenvalue weighted by atomic mass is 9.90. The zero-order chi connectivity index (χ0) is 12.5. The molecule has 2 heterocycles. The first-order valence-electron chi connectivity index (χ1n) is 6.40. The minimum atomic E-state index is 0.0529. The van der Waals surface area contributed by atoms with Gasteiger partial charge in [0, 0.05) is 31.0 Å². The Balaban J connectivity index is 2.29. The van der Waals surface area contributed by atoms with Crippen molar-refractivity contribution in [2.75, 3.05) is 13.2 Å². The molecule has 0 spiro atoms. The van der Waals surface area contributed by atoms with E-state index < -0.39 is 0 Å². The van der Waals surface area contributed by atoms with Crippen LogP contribution in [0.5, 0.6) is 0 Å². The molecular weight excluding hydrogens is 214 g/mol. The maximum absolute atomic E-state index is 6.26. The van der Waals surface area contributed by atoms with Crippen LogP contribution < -0.4 is 5.73 Å². The summed E-state index contributed by atoms with van der Waals surface area (Å²) in [5.74, 6) is 0.425. The summed E-state index contributed by atoms with van der Waals surface area (Å²) >= 11 is 0. The van der Waals surface area contributed by atoms with E-state index in [2.05, 4.69) is 30.3 Å². The highest BCUT2D eigenvalue weighted by Gasteiger charge is 2.32. The molecule has 1 aromatic heterocycles. The van der Waals surface area contributed by atoms with Crippen molar-refractivity contribution >= 4 is 0 Å². The van der Waals surface area contributed by atoms with Crippen molar-refractivity contribution in [3.63, 3.8) is 0 Å². The second kappa shape index (κ2) is 4.78. The normalized spacial score (nSPS) is 21.7. The summed E-state index contributed by atoms with van der Waals surface area (Å²) < 4.78 is 7.71. The van der Waals surface area contributed by atoms with Gasteiger partial charge in [0.2, 0.25) is 0 Å². The third-order valence-corrected chi connectivity index (χ3v) is 3.88. The van der Waals surface area contributed by atoms with Gasteiger partial charge in [-0.05, 0) is 25.7 Å². The molecule has 17 heavy (non-hydrogen) atoms. The zero-order valence-electron chi connectivity index (χ0n) is 11.0. The number of nitrogens with two attached hydrogens (primary N) is 1. The predicted octanol–water partition coefficient (Wildman–Crippen LogP) is 2.06. The Hall–Kier alpha value is -0.870. The van der Waals surface area contributed by atoms with E-state index in [1.165, 1.54) is 0 Å². The van der Waals surface area contributed by atoms with Crippen LogP contribution in [0.25, 0.3) is 0 Å². The van der Waals surface area contributed by atoms with Crippen molar-refractivity contribution in [1.82, 2.24) is 9.55 Å². The Morgan fingerprint density at radius 2 is 2.06 bits per heavy atom. The van der Waals surface area contributed by atoms with Crippen molar-refractivity contribution in [3.8, 4) is 0 Å². The molecule has 4 heteroatoms. The van der Waals surface area contributed by atoms with Crippen molar-refractivity contribution in [2.24, 2.45) is 11.7 Å². The van der Waals surface area contributed by atoms with Gasteiger partial charge in [-0.2, -0.15) is 0 Å². The lowest BCUT2D eigenvalue weighted by molar-refractivity contribution is 0.0277. The SMILES string of the molecule is CC(C)C(N)c1cncn1C1(C)CCOCC1. The molecule has 2 rings (SSSR count). The Bertz CT molecular complexity index is 366. The standard InChI is InChI=1S/C13H23N3O/c1-10(2)12(14)11-8-15-9-16(11)13(3)4-6-17-7-5-13/h8-10,12H,4-7,14H2,1-3H3. The van der Waals surface area contributed by atoms with Crippen molar-refractivity contribution < 1.29 is 4.74 Å². The molecule has 1 atom stereocenters. The Labute approximate surface area is 103 Å². The maximum Gasteiger partial charge on any atom is 0.0953 e. The molecule has 1 aliphatic heterocycles. The molecule has 0 radical (unpaired) electrons. The summed E-state index contributed by atoms with van der Waals surface area (Å²) in [5, 5.41) is 0. The first-order valence-corrected chi connectivity index (χ1v) is 6.40. The topological polar surface area (TPSA) is 53.1 Å². The first kappa shape index (κ1) is 12.6. The lowest BCUT2D eigenvalue weighted by Crippen LogP contribution is -2.38. The summed E-state index contributed by atoms with van der Waals surface area (Å²) in [5.41, 5.74) is 7.51. The average Bonchev–Trinajstić information content (AvgIpc) is 2.78. The molecular formula is C13H23N3O. The van der Waals surface area contributed by atoms with Gasteiger partial charge in [0.15, 0.2) is 0 Å². The highest BCUT2D eigenvalue weighted by Crippen LogP contribution is 2.32. The van der Waals surface area contributed by atoms with Crippen LogP contribution in [0.1, 0.15) is 45.3 Å². The van der Waals surface area contributed by atoms with Crippen LogP contribution in [-0.2, 0) is 10.3 Å². The highest BCUT2D eigenvalue weighted by atomic mass is 16.5. The molecule has 1 unspecified atom stereocenters. The summed E-state index contributed by atoms with van der Waals surface area (Å²) in [4.78, 5) is 4.29. The smallest absolute Gasteiger partial charge is 0.0953 e.